The summed E-state index contributed by atoms with van der Waals surface area (Å²) < 4.78 is 45.4. The molecule has 3 rings (SSSR count). The summed E-state index contributed by atoms with van der Waals surface area (Å²) in [7, 11) is 0. The molecule has 0 N–H and O–H groups in total. The van der Waals surface area contributed by atoms with Gasteiger partial charge in [0.05, 0.1) is 5.56 Å². The van der Waals surface area contributed by atoms with E-state index in [1.165, 1.54) is 6.20 Å². The fourth-order valence-electron chi connectivity index (χ4n) is 2.10. The summed E-state index contributed by atoms with van der Waals surface area (Å²) >= 11 is 0. The molecule has 128 valence electrons. The minimum Gasteiger partial charge on any atom is -0.456 e. The molecule has 6 nitrogen and oxygen atoms in total. The predicted molar refractivity (Wildman–Crippen MR) is 79.7 cm³/mol. The number of esters is 1. The van der Waals surface area contributed by atoms with Crippen molar-refractivity contribution in [2.45, 2.75) is 12.8 Å². The molecule has 0 aliphatic carbocycles. The summed E-state index contributed by atoms with van der Waals surface area (Å²) in [5.74, 6) is -0.603. The lowest BCUT2D eigenvalue weighted by Crippen LogP contribution is -2.16. The summed E-state index contributed by atoms with van der Waals surface area (Å²) in [6, 6.07) is 5.13. The molecule has 0 aliphatic heterocycles. The van der Waals surface area contributed by atoms with Crippen LogP contribution in [0.3, 0.4) is 0 Å². The van der Waals surface area contributed by atoms with E-state index in [4.69, 9.17) is 4.74 Å². The van der Waals surface area contributed by atoms with Gasteiger partial charge in [0.25, 0.3) is 0 Å². The molecule has 0 atom stereocenters. The quantitative estimate of drug-likeness (QED) is 0.678. The van der Waals surface area contributed by atoms with Gasteiger partial charge in [-0.15, -0.1) is 0 Å². The molecule has 0 saturated heterocycles. The van der Waals surface area contributed by atoms with Crippen LogP contribution in [0, 0.1) is 0 Å². The lowest BCUT2D eigenvalue weighted by Gasteiger charge is -2.11. The Hall–Kier alpha value is -3.23. The smallest absolute Gasteiger partial charge is 0.418 e. The van der Waals surface area contributed by atoms with E-state index in [-0.39, 0.29) is 6.61 Å². The summed E-state index contributed by atoms with van der Waals surface area (Å²) in [4.78, 5) is 23.5. The zero-order valence-corrected chi connectivity index (χ0v) is 12.6. The van der Waals surface area contributed by atoms with Crippen LogP contribution in [0.25, 0.3) is 5.82 Å². The SMILES string of the molecule is O=C(OCc1ccnc(-n2ccnc2)c1)c1ncccc1C(F)(F)F. The Labute approximate surface area is 139 Å². The van der Waals surface area contributed by atoms with Crippen LogP contribution in [-0.4, -0.2) is 25.5 Å². The van der Waals surface area contributed by atoms with Gasteiger partial charge >= 0.3 is 12.1 Å². The predicted octanol–water partition coefficient (Wildman–Crippen LogP) is 3.04. The van der Waals surface area contributed by atoms with Crippen LogP contribution in [0.5, 0.6) is 0 Å². The molecule has 0 saturated carbocycles. The Morgan fingerprint density at radius 3 is 2.72 bits per heavy atom. The number of hydrogen-bond acceptors (Lipinski definition) is 5. The highest BCUT2D eigenvalue weighted by atomic mass is 19.4. The highest BCUT2D eigenvalue weighted by molar-refractivity contribution is 5.89. The van der Waals surface area contributed by atoms with E-state index in [0.29, 0.717) is 11.4 Å². The van der Waals surface area contributed by atoms with Gasteiger partial charge in [0, 0.05) is 24.8 Å². The van der Waals surface area contributed by atoms with Gasteiger partial charge in [0.1, 0.15) is 18.8 Å². The van der Waals surface area contributed by atoms with E-state index in [1.807, 2.05) is 0 Å². The first-order chi connectivity index (χ1) is 11.9. The van der Waals surface area contributed by atoms with Crippen LogP contribution in [0.15, 0.2) is 55.4 Å². The summed E-state index contributed by atoms with van der Waals surface area (Å²) in [6.07, 6.45) is 2.72. The zero-order chi connectivity index (χ0) is 17.9. The van der Waals surface area contributed by atoms with Crippen molar-refractivity contribution in [3.05, 3.63) is 72.2 Å². The molecule has 0 aliphatic rings. The van der Waals surface area contributed by atoms with Crippen molar-refractivity contribution in [2.75, 3.05) is 0 Å². The number of imidazole rings is 1. The van der Waals surface area contributed by atoms with Crippen molar-refractivity contribution >= 4 is 5.97 Å². The zero-order valence-electron chi connectivity index (χ0n) is 12.6. The highest BCUT2D eigenvalue weighted by Crippen LogP contribution is 2.31. The molecule has 3 aromatic heterocycles. The van der Waals surface area contributed by atoms with Crippen LogP contribution in [0.1, 0.15) is 21.6 Å². The Morgan fingerprint density at radius 2 is 2.00 bits per heavy atom. The molecular formula is C16H11F3N4O2. The van der Waals surface area contributed by atoms with Gasteiger partial charge in [0.15, 0.2) is 5.69 Å². The van der Waals surface area contributed by atoms with Crippen LogP contribution >= 0.6 is 0 Å². The lowest BCUT2D eigenvalue weighted by molar-refractivity contribution is -0.138. The van der Waals surface area contributed by atoms with Crippen molar-refractivity contribution in [1.29, 1.82) is 0 Å². The average Bonchev–Trinajstić information content (AvgIpc) is 3.14. The maximum Gasteiger partial charge on any atom is 0.418 e. The molecule has 0 fully saturated rings. The minimum atomic E-state index is -4.69. The van der Waals surface area contributed by atoms with E-state index < -0.39 is 23.4 Å². The summed E-state index contributed by atoms with van der Waals surface area (Å²) in [6.45, 7) is -0.211. The number of ether oxygens (including phenoxy) is 1. The molecule has 0 aromatic carbocycles. The Balaban J connectivity index is 1.75. The first-order valence-corrected chi connectivity index (χ1v) is 7.08. The maximum atomic E-state index is 12.9. The Kier molecular flexibility index (Phi) is 4.46. The Morgan fingerprint density at radius 1 is 1.16 bits per heavy atom. The second-order valence-corrected chi connectivity index (χ2v) is 4.97. The summed E-state index contributed by atoms with van der Waals surface area (Å²) in [5.41, 5.74) is -1.33. The van der Waals surface area contributed by atoms with Crippen LogP contribution < -0.4 is 0 Å². The van der Waals surface area contributed by atoms with Gasteiger partial charge in [0.2, 0.25) is 0 Å². The molecule has 3 heterocycles. The van der Waals surface area contributed by atoms with Gasteiger partial charge in [-0.2, -0.15) is 13.2 Å². The third kappa shape index (κ3) is 3.82. The molecule has 0 bridgehead atoms. The van der Waals surface area contributed by atoms with Crippen LogP contribution in [0.2, 0.25) is 0 Å². The molecule has 0 unspecified atom stereocenters. The fraction of sp³-hybridized carbons (Fsp3) is 0.125. The average molecular weight is 348 g/mol. The second-order valence-electron chi connectivity index (χ2n) is 4.97. The third-order valence-corrected chi connectivity index (χ3v) is 3.26. The number of rotatable bonds is 4. The standard InChI is InChI=1S/C16H11F3N4O2/c17-16(18,19)12-2-1-4-22-14(12)15(24)25-9-11-3-5-21-13(8-11)23-7-6-20-10-23/h1-8,10H,9H2. The number of aromatic nitrogens is 4. The van der Waals surface area contributed by atoms with E-state index in [1.54, 1.807) is 35.4 Å². The summed E-state index contributed by atoms with van der Waals surface area (Å²) in [5, 5.41) is 0. The lowest BCUT2D eigenvalue weighted by atomic mass is 10.2. The fourth-order valence-corrected chi connectivity index (χ4v) is 2.10. The number of alkyl halides is 3. The van der Waals surface area contributed by atoms with E-state index >= 15 is 0 Å². The van der Waals surface area contributed by atoms with Crippen molar-refractivity contribution in [1.82, 2.24) is 19.5 Å². The highest BCUT2D eigenvalue weighted by Gasteiger charge is 2.36. The molecule has 0 amide bonds. The van der Waals surface area contributed by atoms with E-state index in [2.05, 4.69) is 15.0 Å². The number of nitrogens with zero attached hydrogens (tertiary/aromatic N) is 4. The third-order valence-electron chi connectivity index (χ3n) is 3.26. The largest absolute Gasteiger partial charge is 0.456 e. The van der Waals surface area contributed by atoms with Gasteiger partial charge in [-0.3, -0.25) is 4.57 Å². The second kappa shape index (κ2) is 6.71. The van der Waals surface area contributed by atoms with Gasteiger partial charge in [-0.1, -0.05) is 0 Å². The number of carbonyl (C=O) groups is 1. The topological polar surface area (TPSA) is 69.9 Å². The van der Waals surface area contributed by atoms with Gasteiger partial charge in [-0.05, 0) is 29.8 Å². The molecule has 25 heavy (non-hydrogen) atoms. The van der Waals surface area contributed by atoms with Crippen LogP contribution in [0.4, 0.5) is 13.2 Å². The number of halogens is 3. The number of carbonyl (C=O) groups excluding carboxylic acids is 1. The molecule has 9 heteroatoms. The molecule has 3 aromatic rings. The van der Waals surface area contributed by atoms with E-state index in [9.17, 15) is 18.0 Å². The molecular weight excluding hydrogens is 337 g/mol. The van der Waals surface area contributed by atoms with Crippen molar-refractivity contribution in [2.24, 2.45) is 0 Å². The van der Waals surface area contributed by atoms with Gasteiger partial charge < -0.3 is 4.74 Å². The monoisotopic (exact) mass is 348 g/mol. The first kappa shape index (κ1) is 16.6. The molecule has 0 radical (unpaired) electrons. The Bertz CT molecular complexity index is 879. The minimum absolute atomic E-state index is 0.211. The number of pyridine rings is 2. The van der Waals surface area contributed by atoms with Crippen LogP contribution in [-0.2, 0) is 17.5 Å². The van der Waals surface area contributed by atoms with Gasteiger partial charge in [-0.25, -0.2) is 19.7 Å². The first-order valence-electron chi connectivity index (χ1n) is 7.08. The van der Waals surface area contributed by atoms with Crippen molar-refractivity contribution in [3.8, 4) is 5.82 Å². The van der Waals surface area contributed by atoms with E-state index in [0.717, 1.165) is 18.3 Å². The maximum absolute atomic E-state index is 12.9. The molecule has 0 spiro atoms. The number of hydrogen-bond donors (Lipinski definition) is 0. The normalized spacial score (nSPS) is 11.3. The van der Waals surface area contributed by atoms with Crippen molar-refractivity contribution in [3.63, 3.8) is 0 Å². The van der Waals surface area contributed by atoms with Crippen molar-refractivity contribution < 1.29 is 22.7 Å².